The number of hydrogen-bond acceptors (Lipinski definition) is 5. The zero-order chi connectivity index (χ0) is 11.4. The van der Waals surface area contributed by atoms with Crippen molar-refractivity contribution >= 4 is 5.82 Å². The van der Waals surface area contributed by atoms with Gasteiger partial charge in [-0.15, -0.1) is 0 Å². The Morgan fingerprint density at radius 3 is 2.69 bits per heavy atom. The Balaban J connectivity index is 2.11. The lowest BCUT2D eigenvalue weighted by Crippen LogP contribution is -2.37. The van der Waals surface area contributed by atoms with Crippen LogP contribution in [0.3, 0.4) is 0 Å². The molecule has 0 N–H and O–H groups in total. The number of aromatic nitrogens is 2. The van der Waals surface area contributed by atoms with Crippen LogP contribution < -0.4 is 4.90 Å². The molecule has 0 amide bonds. The van der Waals surface area contributed by atoms with E-state index in [-0.39, 0.29) is 0 Å². The highest BCUT2D eigenvalue weighted by atomic mass is 16.5. The van der Waals surface area contributed by atoms with E-state index in [4.69, 9.17) is 10.00 Å². The van der Waals surface area contributed by atoms with Crippen LogP contribution in [-0.4, -0.2) is 36.3 Å². The molecule has 1 fully saturated rings. The van der Waals surface area contributed by atoms with Crippen molar-refractivity contribution in [3.63, 3.8) is 0 Å². The molecule has 0 atom stereocenters. The minimum absolute atomic E-state index is 0.332. The third-order valence-corrected chi connectivity index (χ3v) is 2.86. The second kappa shape index (κ2) is 4.90. The first-order valence-corrected chi connectivity index (χ1v) is 5.34. The molecule has 2 heterocycles. The fraction of sp³-hybridized carbons (Fsp3) is 0.545. The van der Waals surface area contributed by atoms with Gasteiger partial charge in [-0.05, 0) is 12.8 Å². The van der Waals surface area contributed by atoms with Crippen LogP contribution in [0.15, 0.2) is 12.4 Å². The summed E-state index contributed by atoms with van der Waals surface area (Å²) in [6, 6.07) is 2.07. The molecule has 0 aliphatic carbocycles. The summed E-state index contributed by atoms with van der Waals surface area (Å²) in [7, 11) is 1.74. The van der Waals surface area contributed by atoms with E-state index >= 15 is 0 Å². The topological polar surface area (TPSA) is 62.0 Å². The number of nitriles is 1. The van der Waals surface area contributed by atoms with Crippen molar-refractivity contribution in [1.82, 2.24) is 9.97 Å². The molecule has 2 rings (SSSR count). The largest absolute Gasteiger partial charge is 0.381 e. The van der Waals surface area contributed by atoms with Gasteiger partial charge in [-0.1, -0.05) is 0 Å². The van der Waals surface area contributed by atoms with Gasteiger partial charge in [0.25, 0.3) is 0 Å². The van der Waals surface area contributed by atoms with Gasteiger partial charge in [0.2, 0.25) is 0 Å². The Morgan fingerprint density at radius 2 is 2.06 bits per heavy atom. The van der Waals surface area contributed by atoms with Gasteiger partial charge in [0.15, 0.2) is 11.5 Å². The summed E-state index contributed by atoms with van der Waals surface area (Å²) in [4.78, 5) is 10.3. The molecule has 5 heteroatoms. The lowest BCUT2D eigenvalue weighted by Gasteiger charge is -2.32. The summed E-state index contributed by atoms with van der Waals surface area (Å²) < 4.78 is 5.30. The van der Waals surface area contributed by atoms with Gasteiger partial charge in [-0.25, -0.2) is 9.97 Å². The summed E-state index contributed by atoms with van der Waals surface area (Å²) >= 11 is 0. The van der Waals surface area contributed by atoms with Gasteiger partial charge in [-0.2, -0.15) is 5.26 Å². The van der Waals surface area contributed by atoms with Gasteiger partial charge in [0.1, 0.15) is 6.07 Å². The summed E-state index contributed by atoms with van der Waals surface area (Å²) in [5.41, 5.74) is 0.401. The van der Waals surface area contributed by atoms with Crippen LogP contribution in [0.5, 0.6) is 0 Å². The van der Waals surface area contributed by atoms with E-state index in [1.54, 1.807) is 19.5 Å². The van der Waals surface area contributed by atoms with E-state index < -0.39 is 0 Å². The van der Waals surface area contributed by atoms with Crippen LogP contribution in [0.25, 0.3) is 0 Å². The zero-order valence-electron chi connectivity index (χ0n) is 9.26. The van der Waals surface area contributed by atoms with E-state index in [9.17, 15) is 0 Å². The van der Waals surface area contributed by atoms with Gasteiger partial charge < -0.3 is 9.64 Å². The highest BCUT2D eigenvalue weighted by molar-refractivity contribution is 5.49. The van der Waals surface area contributed by atoms with E-state index in [2.05, 4.69) is 20.9 Å². The summed E-state index contributed by atoms with van der Waals surface area (Å²) in [5.74, 6) is 0.694. The van der Waals surface area contributed by atoms with Crippen LogP contribution in [0.1, 0.15) is 18.5 Å². The fourth-order valence-corrected chi connectivity index (χ4v) is 1.94. The number of ether oxygens (including phenoxy) is 1. The zero-order valence-corrected chi connectivity index (χ0v) is 9.26. The lowest BCUT2D eigenvalue weighted by molar-refractivity contribution is 0.0818. The number of hydrogen-bond donors (Lipinski definition) is 0. The Morgan fingerprint density at radius 1 is 1.38 bits per heavy atom. The molecule has 84 valence electrons. The summed E-state index contributed by atoms with van der Waals surface area (Å²) in [6.45, 7) is 1.73. The van der Waals surface area contributed by atoms with Crippen molar-refractivity contribution in [3.05, 3.63) is 18.1 Å². The molecule has 0 saturated carbocycles. The highest BCUT2D eigenvalue weighted by Crippen LogP contribution is 2.20. The van der Waals surface area contributed by atoms with Crippen molar-refractivity contribution in [2.45, 2.75) is 18.9 Å². The predicted octanol–water partition coefficient (Wildman–Crippen LogP) is 0.963. The Hall–Kier alpha value is -1.67. The van der Waals surface area contributed by atoms with Crippen LogP contribution in [-0.2, 0) is 4.74 Å². The number of methoxy groups -OCH3 is 1. The smallest absolute Gasteiger partial charge is 0.183 e. The van der Waals surface area contributed by atoms with E-state index in [0.717, 1.165) is 25.9 Å². The first-order chi connectivity index (χ1) is 7.85. The van der Waals surface area contributed by atoms with Gasteiger partial charge in [0, 0.05) is 32.6 Å². The molecule has 1 aliphatic rings. The van der Waals surface area contributed by atoms with Gasteiger partial charge >= 0.3 is 0 Å². The maximum atomic E-state index is 8.94. The van der Waals surface area contributed by atoms with E-state index in [0.29, 0.717) is 17.6 Å². The van der Waals surface area contributed by atoms with Crippen molar-refractivity contribution < 1.29 is 4.74 Å². The molecule has 0 radical (unpaired) electrons. The SMILES string of the molecule is COC1CCN(c2nccnc2C#N)CC1. The molecule has 1 aliphatic heterocycles. The standard InChI is InChI=1S/C11H14N4O/c1-16-9-2-6-15(7-3-9)11-10(8-12)13-4-5-14-11/h4-5,9H,2-3,6-7H2,1H3. The molecule has 5 nitrogen and oxygen atoms in total. The van der Waals surface area contributed by atoms with Crippen LogP contribution >= 0.6 is 0 Å². The third kappa shape index (κ3) is 2.12. The molecular weight excluding hydrogens is 204 g/mol. The van der Waals surface area contributed by atoms with E-state index in [1.807, 2.05) is 0 Å². The number of piperidine rings is 1. The van der Waals surface area contributed by atoms with Crippen LogP contribution in [0.2, 0.25) is 0 Å². The molecule has 0 aromatic carbocycles. The van der Waals surface area contributed by atoms with Crippen molar-refractivity contribution in [2.24, 2.45) is 0 Å². The first-order valence-electron chi connectivity index (χ1n) is 5.34. The van der Waals surface area contributed by atoms with Gasteiger partial charge in [0.05, 0.1) is 6.10 Å². The lowest BCUT2D eigenvalue weighted by atomic mass is 10.1. The van der Waals surface area contributed by atoms with Crippen molar-refractivity contribution in [3.8, 4) is 6.07 Å². The maximum Gasteiger partial charge on any atom is 0.183 e. The summed E-state index contributed by atoms with van der Waals surface area (Å²) in [5, 5.41) is 8.94. The highest BCUT2D eigenvalue weighted by Gasteiger charge is 2.21. The molecule has 1 saturated heterocycles. The van der Waals surface area contributed by atoms with Crippen LogP contribution in [0, 0.1) is 11.3 Å². The minimum Gasteiger partial charge on any atom is -0.381 e. The number of rotatable bonds is 2. The number of anilines is 1. The second-order valence-electron chi connectivity index (χ2n) is 3.76. The molecule has 16 heavy (non-hydrogen) atoms. The maximum absolute atomic E-state index is 8.94. The van der Waals surface area contributed by atoms with Crippen LogP contribution in [0.4, 0.5) is 5.82 Å². The van der Waals surface area contributed by atoms with Crippen molar-refractivity contribution in [1.29, 1.82) is 5.26 Å². The quantitative estimate of drug-likeness (QED) is 0.740. The molecule has 0 spiro atoms. The molecule has 1 aromatic heterocycles. The monoisotopic (exact) mass is 218 g/mol. The Labute approximate surface area is 94.7 Å². The Kier molecular flexibility index (Phi) is 3.32. The van der Waals surface area contributed by atoms with E-state index in [1.165, 1.54) is 0 Å². The average Bonchev–Trinajstić information content (AvgIpc) is 2.39. The Bertz CT molecular complexity index is 393. The molecule has 1 aromatic rings. The molecule has 0 bridgehead atoms. The minimum atomic E-state index is 0.332. The molecule has 0 unspecified atom stereocenters. The predicted molar refractivity (Wildman–Crippen MR) is 59.0 cm³/mol. The second-order valence-corrected chi connectivity index (χ2v) is 3.76. The summed E-state index contributed by atoms with van der Waals surface area (Å²) in [6.07, 6.45) is 5.44. The normalized spacial score (nSPS) is 17.1. The average molecular weight is 218 g/mol. The van der Waals surface area contributed by atoms with Crippen molar-refractivity contribution in [2.75, 3.05) is 25.1 Å². The fourth-order valence-electron chi connectivity index (χ4n) is 1.94. The first kappa shape index (κ1) is 10.8. The molecular formula is C11H14N4O. The number of nitrogens with zero attached hydrogens (tertiary/aromatic N) is 4. The third-order valence-electron chi connectivity index (χ3n) is 2.86. The van der Waals surface area contributed by atoms with Gasteiger partial charge in [-0.3, -0.25) is 0 Å².